The van der Waals surface area contributed by atoms with E-state index in [1.165, 1.54) is 4.90 Å². The maximum atomic E-state index is 12.0. The van der Waals surface area contributed by atoms with Crippen molar-refractivity contribution in [2.75, 3.05) is 13.1 Å². The number of hydrogen-bond acceptors (Lipinski definition) is 1. The van der Waals surface area contributed by atoms with Crippen molar-refractivity contribution >= 4 is 6.41 Å². The van der Waals surface area contributed by atoms with Gasteiger partial charge in [-0.25, -0.2) is 0 Å². The van der Waals surface area contributed by atoms with Crippen molar-refractivity contribution in [3.63, 3.8) is 0 Å². The van der Waals surface area contributed by atoms with Crippen molar-refractivity contribution in [1.29, 1.82) is 0 Å². The largest absolute Gasteiger partial charge is 0.412 e. The maximum Gasteiger partial charge on any atom is 0.412 e. The molecule has 1 aliphatic rings. The summed E-state index contributed by atoms with van der Waals surface area (Å²) in [6, 6.07) is 0. The first-order valence-corrected chi connectivity index (χ1v) is 3.49. The number of carbonyl (C=O) groups excluding carboxylic acids is 1. The number of amides is 1. The molecular weight excluding hydrogens is 171 g/mol. The lowest BCUT2D eigenvalue weighted by atomic mass is 10.1. The zero-order valence-corrected chi connectivity index (χ0v) is 6.27. The van der Waals surface area contributed by atoms with E-state index in [9.17, 15) is 18.0 Å². The minimum absolute atomic E-state index is 0.0678. The van der Waals surface area contributed by atoms with Crippen molar-refractivity contribution in [3.05, 3.63) is 11.6 Å². The summed E-state index contributed by atoms with van der Waals surface area (Å²) in [6.45, 7) is 0.229. The van der Waals surface area contributed by atoms with Gasteiger partial charge in [0.1, 0.15) is 0 Å². The van der Waals surface area contributed by atoms with Crippen molar-refractivity contribution < 1.29 is 18.0 Å². The van der Waals surface area contributed by atoms with Crippen LogP contribution < -0.4 is 0 Å². The van der Waals surface area contributed by atoms with E-state index in [0.717, 1.165) is 6.08 Å². The molecule has 0 spiro atoms. The van der Waals surface area contributed by atoms with E-state index in [0.29, 0.717) is 6.41 Å². The number of nitrogens with zero attached hydrogens (tertiary/aromatic N) is 1. The Labute approximate surface area is 67.7 Å². The van der Waals surface area contributed by atoms with E-state index in [-0.39, 0.29) is 19.5 Å². The summed E-state index contributed by atoms with van der Waals surface area (Å²) in [5.74, 6) is 0. The second-order valence-corrected chi connectivity index (χ2v) is 2.58. The van der Waals surface area contributed by atoms with Crippen LogP contribution in [-0.2, 0) is 4.79 Å². The average molecular weight is 179 g/mol. The first-order chi connectivity index (χ1) is 5.54. The van der Waals surface area contributed by atoms with Crippen LogP contribution >= 0.6 is 0 Å². The molecule has 0 aromatic rings. The molecule has 0 aliphatic carbocycles. The summed E-state index contributed by atoms with van der Waals surface area (Å²) in [5.41, 5.74) is -0.527. The molecule has 1 amide bonds. The van der Waals surface area contributed by atoms with Gasteiger partial charge >= 0.3 is 6.18 Å². The fourth-order valence-electron chi connectivity index (χ4n) is 1.04. The molecule has 0 fully saturated rings. The minimum Gasteiger partial charge on any atom is -0.341 e. The van der Waals surface area contributed by atoms with E-state index >= 15 is 0 Å². The highest BCUT2D eigenvalue weighted by molar-refractivity contribution is 5.48. The number of rotatable bonds is 1. The fraction of sp³-hybridized carbons (Fsp3) is 0.571. The van der Waals surface area contributed by atoms with Crippen molar-refractivity contribution in [2.24, 2.45) is 0 Å². The zero-order valence-electron chi connectivity index (χ0n) is 6.27. The summed E-state index contributed by atoms with van der Waals surface area (Å²) in [7, 11) is 0. The predicted molar refractivity (Wildman–Crippen MR) is 36.4 cm³/mol. The SMILES string of the molecule is O=CN1CC=C(C(F)(F)F)CC1. The molecule has 0 saturated carbocycles. The fourth-order valence-corrected chi connectivity index (χ4v) is 1.04. The van der Waals surface area contributed by atoms with Crippen molar-refractivity contribution in [2.45, 2.75) is 12.6 Å². The predicted octanol–water partition coefficient (Wildman–Crippen LogP) is 1.34. The van der Waals surface area contributed by atoms with Gasteiger partial charge in [0.15, 0.2) is 0 Å². The molecule has 0 aromatic carbocycles. The molecule has 1 heterocycles. The van der Waals surface area contributed by atoms with Gasteiger partial charge in [-0.15, -0.1) is 0 Å². The molecule has 0 atom stereocenters. The molecule has 68 valence electrons. The topological polar surface area (TPSA) is 20.3 Å². The molecule has 0 unspecified atom stereocenters. The van der Waals surface area contributed by atoms with Crippen LogP contribution in [-0.4, -0.2) is 30.6 Å². The Morgan fingerprint density at radius 3 is 2.50 bits per heavy atom. The number of alkyl halides is 3. The molecule has 0 N–H and O–H groups in total. The highest BCUT2D eigenvalue weighted by atomic mass is 19.4. The standard InChI is InChI=1S/C7H8F3NO/c8-7(9,10)6-1-3-11(5-12)4-2-6/h1,5H,2-4H2. The van der Waals surface area contributed by atoms with Gasteiger partial charge < -0.3 is 4.90 Å². The highest BCUT2D eigenvalue weighted by Gasteiger charge is 2.34. The van der Waals surface area contributed by atoms with Gasteiger partial charge in [0, 0.05) is 18.7 Å². The van der Waals surface area contributed by atoms with Crippen molar-refractivity contribution in [1.82, 2.24) is 4.90 Å². The van der Waals surface area contributed by atoms with Gasteiger partial charge in [0.2, 0.25) is 6.41 Å². The first kappa shape index (κ1) is 9.09. The van der Waals surface area contributed by atoms with Crippen LogP contribution in [0, 0.1) is 0 Å². The van der Waals surface area contributed by atoms with E-state index < -0.39 is 11.7 Å². The lowest BCUT2D eigenvalue weighted by molar-refractivity contribution is -0.119. The second kappa shape index (κ2) is 3.16. The quantitative estimate of drug-likeness (QED) is 0.439. The summed E-state index contributed by atoms with van der Waals surface area (Å²) in [6.07, 6.45) is -2.71. The average Bonchev–Trinajstić information content (AvgIpc) is 2.03. The Morgan fingerprint density at radius 1 is 1.50 bits per heavy atom. The van der Waals surface area contributed by atoms with E-state index in [1.54, 1.807) is 0 Å². The Balaban J connectivity index is 2.62. The molecule has 1 rings (SSSR count). The van der Waals surface area contributed by atoms with E-state index in [1.807, 2.05) is 0 Å². The second-order valence-electron chi connectivity index (χ2n) is 2.58. The normalized spacial score (nSPS) is 18.9. The monoisotopic (exact) mass is 179 g/mol. The van der Waals surface area contributed by atoms with Gasteiger partial charge in [-0.2, -0.15) is 13.2 Å². The van der Waals surface area contributed by atoms with E-state index in [2.05, 4.69) is 0 Å². The Hall–Kier alpha value is -1.00. The van der Waals surface area contributed by atoms with Crippen LogP contribution in [0.15, 0.2) is 11.6 Å². The zero-order chi connectivity index (χ0) is 9.19. The molecule has 2 nitrogen and oxygen atoms in total. The highest BCUT2D eigenvalue weighted by Crippen LogP contribution is 2.29. The van der Waals surface area contributed by atoms with Crippen LogP contribution in [0.3, 0.4) is 0 Å². The Bertz CT molecular complexity index is 209. The lowest BCUT2D eigenvalue weighted by Crippen LogP contribution is -2.30. The van der Waals surface area contributed by atoms with Gasteiger partial charge in [0.05, 0.1) is 0 Å². The van der Waals surface area contributed by atoms with Gasteiger partial charge in [0.25, 0.3) is 0 Å². The maximum absolute atomic E-state index is 12.0. The van der Waals surface area contributed by atoms with E-state index in [4.69, 9.17) is 0 Å². The molecule has 1 aliphatic heterocycles. The third kappa shape index (κ3) is 1.99. The van der Waals surface area contributed by atoms with Crippen LogP contribution in [0.2, 0.25) is 0 Å². The van der Waals surface area contributed by atoms with Gasteiger partial charge in [-0.1, -0.05) is 6.08 Å². The number of carbonyl (C=O) groups is 1. The first-order valence-electron chi connectivity index (χ1n) is 3.49. The van der Waals surface area contributed by atoms with Crippen LogP contribution in [0.5, 0.6) is 0 Å². The summed E-state index contributed by atoms with van der Waals surface area (Å²) >= 11 is 0. The minimum atomic E-state index is -4.23. The molecule has 0 radical (unpaired) electrons. The Morgan fingerprint density at radius 2 is 2.17 bits per heavy atom. The molecular formula is C7H8F3NO. The van der Waals surface area contributed by atoms with Crippen LogP contribution in [0.4, 0.5) is 13.2 Å². The number of halogens is 3. The smallest absolute Gasteiger partial charge is 0.341 e. The van der Waals surface area contributed by atoms with Gasteiger partial charge in [-0.05, 0) is 6.42 Å². The third-order valence-electron chi connectivity index (χ3n) is 1.75. The van der Waals surface area contributed by atoms with Crippen molar-refractivity contribution in [3.8, 4) is 0 Å². The number of hydrogen-bond donors (Lipinski definition) is 0. The molecule has 0 saturated heterocycles. The molecule has 5 heteroatoms. The Kier molecular flexibility index (Phi) is 2.40. The molecule has 0 bridgehead atoms. The third-order valence-corrected chi connectivity index (χ3v) is 1.75. The lowest BCUT2D eigenvalue weighted by Gasteiger charge is -2.23. The van der Waals surface area contributed by atoms with Crippen LogP contribution in [0.1, 0.15) is 6.42 Å². The molecule has 0 aromatic heterocycles. The summed E-state index contributed by atoms with van der Waals surface area (Å²) in [5, 5.41) is 0. The molecule has 12 heavy (non-hydrogen) atoms. The van der Waals surface area contributed by atoms with Gasteiger partial charge in [-0.3, -0.25) is 4.79 Å². The summed E-state index contributed by atoms with van der Waals surface area (Å²) < 4.78 is 36.0. The van der Waals surface area contributed by atoms with Crippen LogP contribution in [0.25, 0.3) is 0 Å². The summed E-state index contributed by atoms with van der Waals surface area (Å²) in [4.78, 5) is 11.4.